The fraction of sp³-hybridized carbons (Fsp3) is 0.500. The van der Waals surface area contributed by atoms with Gasteiger partial charge in [0.25, 0.3) is 5.56 Å². The molecule has 0 radical (unpaired) electrons. The molecule has 0 aliphatic heterocycles. The lowest BCUT2D eigenvalue weighted by Crippen LogP contribution is -2.15. The van der Waals surface area contributed by atoms with Crippen LogP contribution in [-0.2, 0) is 5.75 Å². The summed E-state index contributed by atoms with van der Waals surface area (Å²) in [7, 11) is 0. The zero-order valence-electron chi connectivity index (χ0n) is 9.50. The van der Waals surface area contributed by atoms with Gasteiger partial charge in [0.1, 0.15) is 5.51 Å². The Balaban J connectivity index is 2.06. The van der Waals surface area contributed by atoms with Gasteiger partial charge in [-0.05, 0) is 18.2 Å². The molecule has 2 N–H and O–H groups in total. The third-order valence-corrected chi connectivity index (χ3v) is 4.27. The van der Waals surface area contributed by atoms with Gasteiger partial charge in [0.15, 0.2) is 0 Å². The quantitative estimate of drug-likeness (QED) is 0.876. The molecule has 2 aromatic heterocycles. The molecule has 2 aromatic rings. The molecule has 1 atom stereocenters. The minimum atomic E-state index is -0.112. The van der Waals surface area contributed by atoms with Crippen LogP contribution in [-0.4, -0.2) is 26.9 Å². The largest absolute Gasteiger partial charge is 0.330 e. The van der Waals surface area contributed by atoms with Crippen LogP contribution >= 0.6 is 23.1 Å². The monoisotopic (exact) mass is 270 g/mol. The topological polar surface area (TPSA) is 73.3 Å². The van der Waals surface area contributed by atoms with Crippen molar-refractivity contribution in [2.75, 3.05) is 12.3 Å². The van der Waals surface area contributed by atoms with Gasteiger partial charge in [-0.25, -0.2) is 4.98 Å². The molecule has 0 aliphatic carbocycles. The Morgan fingerprint density at radius 1 is 1.65 bits per heavy atom. The number of nitrogens with zero attached hydrogens (tertiary/aromatic N) is 3. The molecule has 0 saturated carbocycles. The number of hydrogen-bond donors (Lipinski definition) is 1. The van der Waals surface area contributed by atoms with Crippen LogP contribution in [0.4, 0.5) is 0 Å². The SMILES string of the molecule is CC(CN)CSCc1cc(=O)n2ncsc2n1. The van der Waals surface area contributed by atoms with Gasteiger partial charge < -0.3 is 5.73 Å². The second-order valence-corrected chi connectivity index (χ2v) is 5.72. The van der Waals surface area contributed by atoms with Crippen molar-refractivity contribution in [3.63, 3.8) is 0 Å². The van der Waals surface area contributed by atoms with Gasteiger partial charge in [0.05, 0.1) is 5.69 Å². The molecule has 0 aromatic carbocycles. The standard InChI is InChI=1S/C10H14N4OS2/c1-7(3-11)4-16-5-8-2-9(15)14-10(13-8)17-6-12-14/h2,6-7H,3-5,11H2,1H3. The third-order valence-electron chi connectivity index (χ3n) is 2.29. The lowest BCUT2D eigenvalue weighted by molar-refractivity contribution is 0.675. The molecular weight excluding hydrogens is 256 g/mol. The number of aromatic nitrogens is 3. The van der Waals surface area contributed by atoms with Crippen LogP contribution in [0.15, 0.2) is 16.4 Å². The van der Waals surface area contributed by atoms with Crippen LogP contribution < -0.4 is 11.3 Å². The summed E-state index contributed by atoms with van der Waals surface area (Å²) in [5.41, 5.74) is 7.87. The van der Waals surface area contributed by atoms with Crippen molar-refractivity contribution in [2.24, 2.45) is 11.7 Å². The van der Waals surface area contributed by atoms with Crippen molar-refractivity contribution >= 4 is 28.1 Å². The van der Waals surface area contributed by atoms with Crippen LogP contribution in [0, 0.1) is 5.92 Å². The molecule has 0 saturated heterocycles. The molecule has 0 fully saturated rings. The van der Waals surface area contributed by atoms with Crippen molar-refractivity contribution < 1.29 is 0 Å². The van der Waals surface area contributed by atoms with E-state index in [-0.39, 0.29) is 5.56 Å². The smallest absolute Gasteiger partial charge is 0.275 e. The van der Waals surface area contributed by atoms with Crippen molar-refractivity contribution in [1.29, 1.82) is 0 Å². The van der Waals surface area contributed by atoms with E-state index in [1.807, 2.05) is 0 Å². The van der Waals surface area contributed by atoms with E-state index in [2.05, 4.69) is 17.0 Å². The van der Waals surface area contributed by atoms with E-state index < -0.39 is 0 Å². The summed E-state index contributed by atoms with van der Waals surface area (Å²) in [6, 6.07) is 1.55. The van der Waals surface area contributed by atoms with Crippen molar-refractivity contribution in [3.8, 4) is 0 Å². The third kappa shape index (κ3) is 3.05. The Labute approximate surface area is 107 Å². The summed E-state index contributed by atoms with van der Waals surface area (Å²) < 4.78 is 1.32. The number of nitrogens with two attached hydrogens (primary N) is 1. The fourth-order valence-electron chi connectivity index (χ4n) is 1.31. The summed E-state index contributed by atoms with van der Waals surface area (Å²) in [5, 5.41) is 3.92. The highest BCUT2D eigenvalue weighted by Gasteiger charge is 2.05. The normalized spacial score (nSPS) is 13.1. The molecule has 7 heteroatoms. The maximum atomic E-state index is 11.7. The van der Waals surface area contributed by atoms with Gasteiger partial charge in [-0.2, -0.15) is 21.4 Å². The Bertz CT molecular complexity index is 550. The lowest BCUT2D eigenvalue weighted by Gasteiger charge is -2.06. The van der Waals surface area contributed by atoms with Crippen molar-refractivity contribution in [3.05, 3.63) is 27.6 Å². The highest BCUT2D eigenvalue weighted by atomic mass is 32.2. The average molecular weight is 270 g/mol. The highest BCUT2D eigenvalue weighted by Crippen LogP contribution is 2.14. The first-order valence-corrected chi connectivity index (χ1v) is 7.34. The molecule has 17 heavy (non-hydrogen) atoms. The van der Waals surface area contributed by atoms with Gasteiger partial charge in [0.2, 0.25) is 4.96 Å². The van der Waals surface area contributed by atoms with Gasteiger partial charge in [0, 0.05) is 11.8 Å². The van der Waals surface area contributed by atoms with Crippen LogP contribution in [0.25, 0.3) is 4.96 Å². The molecule has 1 unspecified atom stereocenters. The lowest BCUT2D eigenvalue weighted by atomic mass is 10.2. The van der Waals surface area contributed by atoms with Gasteiger partial charge in [-0.3, -0.25) is 4.79 Å². The molecule has 0 aliphatic rings. The van der Waals surface area contributed by atoms with E-state index in [9.17, 15) is 4.79 Å². The highest BCUT2D eigenvalue weighted by molar-refractivity contribution is 7.98. The first-order chi connectivity index (χ1) is 8.20. The summed E-state index contributed by atoms with van der Waals surface area (Å²) >= 11 is 3.12. The zero-order chi connectivity index (χ0) is 12.3. The van der Waals surface area contributed by atoms with E-state index >= 15 is 0 Å². The van der Waals surface area contributed by atoms with Crippen LogP contribution in [0.3, 0.4) is 0 Å². The molecule has 92 valence electrons. The zero-order valence-corrected chi connectivity index (χ0v) is 11.1. The number of hydrogen-bond acceptors (Lipinski definition) is 6. The summed E-state index contributed by atoms with van der Waals surface area (Å²) in [5.74, 6) is 2.22. The molecule has 2 rings (SSSR count). The second-order valence-electron chi connectivity index (χ2n) is 3.87. The molecule has 2 heterocycles. The van der Waals surface area contributed by atoms with Gasteiger partial charge >= 0.3 is 0 Å². The Morgan fingerprint density at radius 2 is 2.47 bits per heavy atom. The first-order valence-electron chi connectivity index (χ1n) is 5.31. The maximum Gasteiger partial charge on any atom is 0.275 e. The minimum Gasteiger partial charge on any atom is -0.330 e. The Hall–Kier alpha value is -0.920. The predicted octanol–water partition coefficient (Wildman–Crippen LogP) is 0.979. The summed E-state index contributed by atoms with van der Waals surface area (Å²) in [6.45, 7) is 2.80. The predicted molar refractivity (Wildman–Crippen MR) is 71.5 cm³/mol. The van der Waals surface area contributed by atoms with E-state index in [1.54, 1.807) is 23.3 Å². The first kappa shape index (κ1) is 12.5. The van der Waals surface area contributed by atoms with Crippen LogP contribution in [0.5, 0.6) is 0 Å². The molecule has 0 amide bonds. The fourth-order valence-corrected chi connectivity index (χ4v) is 2.96. The Kier molecular flexibility index (Phi) is 4.14. The average Bonchev–Trinajstić information content (AvgIpc) is 2.77. The van der Waals surface area contributed by atoms with Crippen LogP contribution in [0.2, 0.25) is 0 Å². The van der Waals surface area contributed by atoms with Crippen LogP contribution in [0.1, 0.15) is 12.6 Å². The number of thioether (sulfide) groups is 1. The Morgan fingerprint density at radius 3 is 3.24 bits per heavy atom. The second kappa shape index (κ2) is 5.61. The number of fused-ring (bicyclic) bond motifs is 1. The van der Waals surface area contributed by atoms with E-state index in [1.165, 1.54) is 15.9 Å². The van der Waals surface area contributed by atoms with E-state index in [0.29, 0.717) is 17.4 Å². The van der Waals surface area contributed by atoms with E-state index in [4.69, 9.17) is 5.73 Å². The van der Waals surface area contributed by atoms with Crippen molar-refractivity contribution in [1.82, 2.24) is 14.6 Å². The molecule has 5 nitrogen and oxygen atoms in total. The summed E-state index contributed by atoms with van der Waals surface area (Å²) in [6.07, 6.45) is 0. The number of rotatable bonds is 5. The van der Waals surface area contributed by atoms with Gasteiger partial charge in [-0.1, -0.05) is 18.3 Å². The maximum absolute atomic E-state index is 11.7. The van der Waals surface area contributed by atoms with E-state index in [0.717, 1.165) is 17.2 Å². The minimum absolute atomic E-state index is 0.112. The molecule has 0 spiro atoms. The molecular formula is C10H14N4OS2. The van der Waals surface area contributed by atoms with Gasteiger partial charge in [-0.15, -0.1) is 0 Å². The summed E-state index contributed by atoms with van der Waals surface area (Å²) in [4.78, 5) is 16.7. The van der Waals surface area contributed by atoms with Crippen molar-refractivity contribution in [2.45, 2.75) is 12.7 Å². The molecule has 0 bridgehead atoms.